The molecular weight excluding hydrogens is 445 g/mol. The third-order valence-corrected chi connectivity index (χ3v) is 6.95. The molecule has 3 heterocycles. The predicted molar refractivity (Wildman–Crippen MR) is 123 cm³/mol. The van der Waals surface area contributed by atoms with Gasteiger partial charge in [0.25, 0.3) is 0 Å². The quantitative estimate of drug-likeness (QED) is 0.477. The van der Waals surface area contributed by atoms with Gasteiger partial charge >= 0.3 is 12.1 Å². The van der Waals surface area contributed by atoms with E-state index in [1.165, 1.54) is 13.2 Å². The van der Waals surface area contributed by atoms with Gasteiger partial charge in [0.1, 0.15) is 0 Å². The van der Waals surface area contributed by atoms with Crippen LogP contribution in [0.2, 0.25) is 0 Å². The van der Waals surface area contributed by atoms with Crippen molar-refractivity contribution in [2.45, 2.75) is 25.4 Å². The van der Waals surface area contributed by atoms with Crippen LogP contribution in [-0.2, 0) is 26.9 Å². The van der Waals surface area contributed by atoms with E-state index in [4.69, 9.17) is 9.47 Å². The van der Waals surface area contributed by atoms with Gasteiger partial charge in [-0.25, -0.2) is 0 Å². The van der Waals surface area contributed by atoms with Crippen molar-refractivity contribution in [1.82, 2.24) is 4.57 Å². The Balaban J connectivity index is 1.50. The summed E-state index contributed by atoms with van der Waals surface area (Å²) in [4.78, 5) is 13.8. The number of esters is 1. The maximum absolute atomic E-state index is 13.5. The second-order valence-corrected chi connectivity index (χ2v) is 9.16. The first-order chi connectivity index (χ1) is 16.3. The highest BCUT2D eigenvalue weighted by Gasteiger charge is 2.34. The van der Waals surface area contributed by atoms with Gasteiger partial charge in [-0.15, -0.1) is 0 Å². The Morgan fingerprint density at radius 2 is 1.82 bits per heavy atom. The van der Waals surface area contributed by atoms with Gasteiger partial charge in [0.2, 0.25) is 0 Å². The number of rotatable bonds is 5. The first-order valence-electron chi connectivity index (χ1n) is 11.6. The lowest BCUT2D eigenvalue weighted by atomic mass is 9.92. The number of anilines is 1. The molecule has 0 saturated carbocycles. The fraction of sp³-hybridized carbons (Fsp3) is 0.423. The maximum atomic E-state index is 13.5. The average Bonchev–Trinajstić information content (AvgIpc) is 3.16. The molecule has 0 N–H and O–H groups in total. The Morgan fingerprint density at radius 1 is 1.09 bits per heavy atom. The molecule has 5 nitrogen and oxygen atoms in total. The number of aromatic nitrogens is 1. The highest BCUT2D eigenvalue weighted by molar-refractivity contribution is 5.87. The van der Waals surface area contributed by atoms with Crippen LogP contribution in [0, 0.1) is 11.8 Å². The number of benzene rings is 2. The normalized spacial score (nSPS) is 17.7. The maximum Gasteiger partial charge on any atom is 0.416 e. The van der Waals surface area contributed by atoms with Crippen LogP contribution in [0.15, 0.2) is 48.7 Å². The number of halogens is 3. The molecule has 5 rings (SSSR count). The molecule has 180 valence electrons. The van der Waals surface area contributed by atoms with Gasteiger partial charge in [0.05, 0.1) is 24.1 Å². The minimum atomic E-state index is -4.39. The highest BCUT2D eigenvalue weighted by Crippen LogP contribution is 2.36. The molecule has 0 spiro atoms. The molecule has 1 aromatic heterocycles. The van der Waals surface area contributed by atoms with Crippen LogP contribution in [-0.4, -0.2) is 43.9 Å². The van der Waals surface area contributed by atoms with Crippen LogP contribution in [0.5, 0.6) is 0 Å². The van der Waals surface area contributed by atoms with E-state index in [0.29, 0.717) is 37.6 Å². The van der Waals surface area contributed by atoms with Crippen molar-refractivity contribution in [1.29, 1.82) is 0 Å². The monoisotopic (exact) mass is 472 g/mol. The number of fused-ring (bicyclic) bond motifs is 1. The van der Waals surface area contributed by atoms with Crippen LogP contribution in [0.1, 0.15) is 24.0 Å². The van der Waals surface area contributed by atoms with E-state index in [0.717, 1.165) is 47.8 Å². The number of hydrogen-bond donors (Lipinski definition) is 0. The van der Waals surface area contributed by atoms with Gasteiger partial charge in [-0.2, -0.15) is 13.2 Å². The zero-order valence-corrected chi connectivity index (χ0v) is 19.0. The summed E-state index contributed by atoms with van der Waals surface area (Å²) >= 11 is 0. The molecule has 0 unspecified atom stereocenters. The lowest BCUT2D eigenvalue weighted by Crippen LogP contribution is -2.50. The van der Waals surface area contributed by atoms with Crippen molar-refractivity contribution < 1.29 is 27.4 Å². The van der Waals surface area contributed by atoms with Gasteiger partial charge in [-0.3, -0.25) is 4.79 Å². The lowest BCUT2D eigenvalue weighted by molar-refractivity contribution is -0.146. The molecular formula is C26H27F3N2O3. The van der Waals surface area contributed by atoms with E-state index < -0.39 is 11.7 Å². The summed E-state index contributed by atoms with van der Waals surface area (Å²) in [6, 6.07) is 11.9. The minimum absolute atomic E-state index is 0.132. The summed E-state index contributed by atoms with van der Waals surface area (Å²) in [5, 5.41) is 0.640. The molecule has 0 bridgehead atoms. The second-order valence-electron chi connectivity index (χ2n) is 9.16. The second kappa shape index (κ2) is 8.98. The third kappa shape index (κ3) is 4.39. The minimum Gasteiger partial charge on any atom is -0.469 e. The topological polar surface area (TPSA) is 43.7 Å². The van der Waals surface area contributed by atoms with Gasteiger partial charge in [-0.05, 0) is 67.1 Å². The molecule has 0 radical (unpaired) electrons. The number of alkyl halides is 3. The molecule has 2 aromatic carbocycles. The van der Waals surface area contributed by atoms with Crippen LogP contribution >= 0.6 is 0 Å². The van der Waals surface area contributed by atoms with Crippen molar-refractivity contribution in [3.8, 4) is 5.69 Å². The van der Waals surface area contributed by atoms with Crippen LogP contribution in [0.3, 0.4) is 0 Å². The number of nitrogens with zero attached hydrogens (tertiary/aromatic N) is 2. The van der Waals surface area contributed by atoms with Crippen LogP contribution < -0.4 is 4.90 Å². The van der Waals surface area contributed by atoms with Gasteiger partial charge in [0.15, 0.2) is 0 Å². The summed E-state index contributed by atoms with van der Waals surface area (Å²) in [6.45, 7) is 2.57. The number of carbonyl (C=O) groups is 1. The van der Waals surface area contributed by atoms with Crippen LogP contribution in [0.25, 0.3) is 16.6 Å². The van der Waals surface area contributed by atoms with Gasteiger partial charge in [0, 0.05) is 49.3 Å². The number of carbonyl (C=O) groups excluding carboxylic acids is 1. The summed E-state index contributed by atoms with van der Waals surface area (Å²) < 4.78 is 52.7. The Morgan fingerprint density at radius 3 is 2.53 bits per heavy atom. The van der Waals surface area contributed by atoms with E-state index in [1.54, 1.807) is 6.07 Å². The number of ether oxygens (including phenoxy) is 2. The van der Waals surface area contributed by atoms with Crippen molar-refractivity contribution in [2.24, 2.45) is 11.8 Å². The van der Waals surface area contributed by atoms with Crippen molar-refractivity contribution in [3.05, 3.63) is 59.8 Å². The highest BCUT2D eigenvalue weighted by atomic mass is 19.4. The van der Waals surface area contributed by atoms with Crippen molar-refractivity contribution in [3.63, 3.8) is 0 Å². The SMILES string of the molecule is COC(=O)C1CN(c2cccc(-n3cc(CC4CCOCC4)c4cc(C(F)(F)F)ccc43)c2)C1. The standard InChI is InChI=1S/C26H27F3N2O3/c1-33-25(32)19-14-30(15-19)21-3-2-4-22(13-21)31-16-18(11-17-7-9-34-10-8-17)23-12-20(26(27,28)29)5-6-24(23)31/h2-6,12-13,16-17,19H,7-11,14-15H2,1H3. The molecule has 2 saturated heterocycles. The molecule has 3 aromatic rings. The van der Waals surface area contributed by atoms with Crippen LogP contribution in [0.4, 0.5) is 18.9 Å². The zero-order valence-electron chi connectivity index (χ0n) is 19.0. The Labute approximate surface area is 196 Å². The fourth-order valence-corrected chi connectivity index (χ4v) is 4.96. The lowest BCUT2D eigenvalue weighted by Gasteiger charge is -2.39. The van der Waals surface area contributed by atoms with Gasteiger partial charge < -0.3 is 18.9 Å². The first-order valence-corrected chi connectivity index (χ1v) is 11.6. The first kappa shape index (κ1) is 22.8. The molecule has 2 aliphatic heterocycles. The third-order valence-electron chi connectivity index (χ3n) is 6.95. The molecule has 0 aliphatic carbocycles. The van der Waals surface area contributed by atoms with E-state index >= 15 is 0 Å². The van der Waals surface area contributed by atoms with E-state index in [-0.39, 0.29) is 11.9 Å². The van der Waals surface area contributed by atoms with E-state index in [2.05, 4.69) is 4.90 Å². The van der Waals surface area contributed by atoms with Gasteiger partial charge in [-0.1, -0.05) is 6.07 Å². The van der Waals surface area contributed by atoms with E-state index in [1.807, 2.05) is 35.0 Å². The number of methoxy groups -OCH3 is 1. The molecule has 2 fully saturated rings. The fourth-order valence-electron chi connectivity index (χ4n) is 4.96. The van der Waals surface area contributed by atoms with Crippen molar-refractivity contribution in [2.75, 3.05) is 38.3 Å². The summed E-state index contributed by atoms with van der Waals surface area (Å²) in [5.41, 5.74) is 2.89. The predicted octanol–water partition coefficient (Wildman–Crippen LogP) is 5.23. The molecule has 0 atom stereocenters. The summed E-state index contributed by atoms with van der Waals surface area (Å²) in [7, 11) is 1.39. The number of hydrogen-bond acceptors (Lipinski definition) is 4. The van der Waals surface area contributed by atoms with Crippen molar-refractivity contribution >= 4 is 22.6 Å². The van der Waals surface area contributed by atoms with E-state index in [9.17, 15) is 18.0 Å². The molecule has 34 heavy (non-hydrogen) atoms. The largest absolute Gasteiger partial charge is 0.469 e. The Hall–Kier alpha value is -3.00. The Kier molecular flexibility index (Phi) is 6.02. The smallest absolute Gasteiger partial charge is 0.416 e. The average molecular weight is 473 g/mol. The molecule has 0 amide bonds. The summed E-state index contributed by atoms with van der Waals surface area (Å²) in [6.07, 6.45) is 0.141. The zero-order chi connectivity index (χ0) is 23.9. The molecule has 2 aliphatic rings. The molecule has 8 heteroatoms. The summed E-state index contributed by atoms with van der Waals surface area (Å²) in [5.74, 6) is 0.0555. The Bertz CT molecular complexity index is 1190.